The van der Waals surface area contributed by atoms with Crippen molar-refractivity contribution in [2.45, 2.75) is 44.8 Å². The molecule has 3 rings (SSSR count). The van der Waals surface area contributed by atoms with Crippen LogP contribution in [0.15, 0.2) is 0 Å². The van der Waals surface area contributed by atoms with Gasteiger partial charge in [-0.15, -0.1) is 0 Å². The second kappa shape index (κ2) is 6.84. The first-order valence-corrected chi connectivity index (χ1v) is 8.76. The van der Waals surface area contributed by atoms with Crippen LogP contribution in [0.5, 0.6) is 0 Å². The van der Waals surface area contributed by atoms with Crippen LogP contribution < -0.4 is 0 Å². The Kier molecular flexibility index (Phi) is 4.92. The third-order valence-electron chi connectivity index (χ3n) is 5.69. The molecule has 25 heavy (non-hydrogen) atoms. The smallest absolute Gasteiger partial charge is 0.307 e. The number of imide groups is 1. The number of ketones is 1. The Bertz CT molecular complexity index is 604. The van der Waals surface area contributed by atoms with E-state index in [1.54, 1.807) is 6.92 Å². The first kappa shape index (κ1) is 18.0. The Labute approximate surface area is 145 Å². The van der Waals surface area contributed by atoms with Crippen LogP contribution in [0.25, 0.3) is 0 Å². The molecular weight excluding hydrogens is 330 g/mol. The molecule has 2 aliphatic carbocycles. The molecule has 0 radical (unpaired) electrons. The second-order valence-electron chi connectivity index (χ2n) is 7.00. The summed E-state index contributed by atoms with van der Waals surface area (Å²) in [6.07, 6.45) is -1.77. The zero-order valence-electron chi connectivity index (χ0n) is 14.1. The topological polar surface area (TPSA) is 121 Å². The van der Waals surface area contributed by atoms with Gasteiger partial charge in [0.25, 0.3) is 0 Å². The van der Waals surface area contributed by atoms with Gasteiger partial charge in [-0.1, -0.05) is 0 Å². The summed E-state index contributed by atoms with van der Waals surface area (Å²) in [6, 6.07) is 0. The minimum absolute atomic E-state index is 0.0620. The highest BCUT2D eigenvalue weighted by molar-refractivity contribution is 6.06. The average Bonchev–Trinajstić information content (AvgIpc) is 2.82. The fraction of sp³-hybridized carbons (Fsp3) is 0.765. The number of nitrogens with zero attached hydrogens (tertiary/aromatic N) is 1. The molecule has 0 aromatic heterocycles. The quantitative estimate of drug-likeness (QED) is 0.504. The van der Waals surface area contributed by atoms with Crippen molar-refractivity contribution in [2.24, 2.45) is 23.7 Å². The predicted molar refractivity (Wildman–Crippen MR) is 82.8 cm³/mol. The van der Waals surface area contributed by atoms with Crippen LogP contribution in [0, 0.1) is 23.7 Å². The van der Waals surface area contributed by atoms with Gasteiger partial charge in [0.05, 0.1) is 37.1 Å². The average molecular weight is 353 g/mol. The van der Waals surface area contributed by atoms with E-state index in [9.17, 15) is 29.4 Å². The molecule has 2 saturated carbocycles. The highest BCUT2D eigenvalue weighted by Crippen LogP contribution is 2.49. The summed E-state index contributed by atoms with van der Waals surface area (Å²) in [6.45, 7) is 1.83. The fourth-order valence-corrected chi connectivity index (χ4v) is 4.57. The lowest BCUT2D eigenvalue weighted by atomic mass is 9.60. The molecule has 0 unspecified atom stereocenters. The van der Waals surface area contributed by atoms with Gasteiger partial charge in [0.2, 0.25) is 11.8 Å². The van der Waals surface area contributed by atoms with E-state index in [0.29, 0.717) is 12.8 Å². The van der Waals surface area contributed by atoms with Gasteiger partial charge in [-0.2, -0.15) is 0 Å². The molecule has 0 spiro atoms. The Morgan fingerprint density at radius 2 is 1.84 bits per heavy atom. The van der Waals surface area contributed by atoms with Gasteiger partial charge in [-0.25, -0.2) is 0 Å². The Hall–Kier alpha value is -1.80. The molecule has 1 saturated heterocycles. The molecular formula is C17H23NO7. The summed E-state index contributed by atoms with van der Waals surface area (Å²) in [5, 5.41) is 20.3. The maximum absolute atomic E-state index is 12.8. The van der Waals surface area contributed by atoms with Crippen LogP contribution in [0.2, 0.25) is 0 Å². The van der Waals surface area contributed by atoms with Gasteiger partial charge in [0.1, 0.15) is 5.78 Å². The summed E-state index contributed by atoms with van der Waals surface area (Å²) in [7, 11) is 0. The number of Topliss-reactive ketones (excluding diaryl/α,β-unsaturated/α-hetero) is 1. The number of hydrogen-bond donors (Lipinski definition) is 2. The summed E-state index contributed by atoms with van der Waals surface area (Å²) in [5.74, 6) is -4.11. The maximum Gasteiger partial charge on any atom is 0.307 e. The summed E-state index contributed by atoms with van der Waals surface area (Å²) in [5.41, 5.74) is 0. The molecule has 3 fully saturated rings. The summed E-state index contributed by atoms with van der Waals surface area (Å²) < 4.78 is 4.82. The van der Waals surface area contributed by atoms with Crippen molar-refractivity contribution in [3.63, 3.8) is 0 Å². The number of hydrogen-bond acceptors (Lipinski definition) is 7. The fourth-order valence-electron chi connectivity index (χ4n) is 4.57. The molecule has 0 aromatic rings. The van der Waals surface area contributed by atoms with Crippen molar-refractivity contribution in [2.75, 3.05) is 13.2 Å². The van der Waals surface area contributed by atoms with Crippen molar-refractivity contribution in [1.29, 1.82) is 0 Å². The minimum Gasteiger partial charge on any atom is -0.466 e. The summed E-state index contributed by atoms with van der Waals surface area (Å²) in [4.78, 5) is 50.1. The van der Waals surface area contributed by atoms with Gasteiger partial charge in [-0.05, 0) is 19.8 Å². The number of amides is 2. The third-order valence-corrected chi connectivity index (χ3v) is 5.69. The van der Waals surface area contributed by atoms with Crippen LogP contribution in [-0.4, -0.2) is 64.0 Å². The Morgan fingerprint density at radius 1 is 1.16 bits per heavy atom. The predicted octanol–water partition coefficient (Wildman–Crippen LogP) is -0.738. The van der Waals surface area contributed by atoms with Crippen molar-refractivity contribution in [3.8, 4) is 0 Å². The van der Waals surface area contributed by atoms with E-state index in [-0.39, 0.29) is 37.7 Å². The SMILES string of the molecule is CCOC(=O)CCN1C(=O)[C@H]2[C@H]3[C@H](O)[C@H](O)CC(=O)[C@@H]3CC[C@H]2C1=O. The Balaban J connectivity index is 1.79. The number of aliphatic hydroxyl groups excluding tert-OH is 2. The van der Waals surface area contributed by atoms with E-state index >= 15 is 0 Å². The zero-order chi connectivity index (χ0) is 18.3. The molecule has 0 bridgehead atoms. The van der Waals surface area contributed by atoms with Crippen LogP contribution in [0.4, 0.5) is 0 Å². The lowest BCUT2D eigenvalue weighted by molar-refractivity contribution is -0.156. The highest BCUT2D eigenvalue weighted by Gasteiger charge is 2.59. The molecule has 138 valence electrons. The third kappa shape index (κ3) is 2.97. The van der Waals surface area contributed by atoms with E-state index in [1.165, 1.54) is 0 Å². The van der Waals surface area contributed by atoms with Crippen LogP contribution in [-0.2, 0) is 23.9 Å². The highest BCUT2D eigenvalue weighted by atomic mass is 16.5. The van der Waals surface area contributed by atoms with Gasteiger partial charge < -0.3 is 14.9 Å². The number of likely N-dealkylation sites (tertiary alicyclic amines) is 1. The molecule has 1 heterocycles. The van der Waals surface area contributed by atoms with Crippen LogP contribution in [0.1, 0.15) is 32.6 Å². The first-order chi connectivity index (χ1) is 11.9. The standard InChI is InChI=1S/C17H23NO7/c1-2-25-12(21)5-6-18-16(23)9-4-3-8-10(19)7-11(20)15(22)13(8)14(9)17(18)24/h8-9,11,13-15,20,22H,2-7H2,1H3/t8-,9+,11+,13-,14+,15+/m0/s1. The van der Waals surface area contributed by atoms with Crippen LogP contribution >= 0.6 is 0 Å². The molecule has 2 N–H and O–H groups in total. The van der Waals surface area contributed by atoms with Gasteiger partial charge in [0.15, 0.2) is 0 Å². The molecule has 8 nitrogen and oxygen atoms in total. The van der Waals surface area contributed by atoms with Crippen molar-refractivity contribution in [1.82, 2.24) is 4.90 Å². The Morgan fingerprint density at radius 3 is 2.52 bits per heavy atom. The largest absolute Gasteiger partial charge is 0.466 e. The van der Waals surface area contributed by atoms with Crippen molar-refractivity contribution >= 4 is 23.6 Å². The molecule has 1 aliphatic heterocycles. The van der Waals surface area contributed by atoms with Crippen molar-refractivity contribution in [3.05, 3.63) is 0 Å². The number of rotatable bonds is 4. The molecule has 8 heteroatoms. The van der Waals surface area contributed by atoms with Crippen LogP contribution in [0.3, 0.4) is 0 Å². The van der Waals surface area contributed by atoms with E-state index in [0.717, 1.165) is 4.90 Å². The number of carbonyl (C=O) groups is 4. The molecule has 0 aromatic carbocycles. The maximum atomic E-state index is 12.8. The lowest BCUT2D eigenvalue weighted by Gasteiger charge is -2.44. The number of carbonyl (C=O) groups excluding carboxylic acids is 4. The van der Waals surface area contributed by atoms with E-state index in [2.05, 4.69) is 0 Å². The number of ether oxygens (including phenoxy) is 1. The van der Waals surface area contributed by atoms with Gasteiger partial charge in [0, 0.05) is 24.8 Å². The lowest BCUT2D eigenvalue weighted by Crippen LogP contribution is -2.54. The van der Waals surface area contributed by atoms with Gasteiger partial charge in [-0.3, -0.25) is 24.1 Å². The number of fused-ring (bicyclic) bond motifs is 3. The monoisotopic (exact) mass is 353 g/mol. The van der Waals surface area contributed by atoms with E-state index in [4.69, 9.17) is 4.74 Å². The molecule has 3 aliphatic rings. The van der Waals surface area contributed by atoms with Crippen molar-refractivity contribution < 1.29 is 34.1 Å². The minimum atomic E-state index is -1.20. The zero-order valence-corrected chi connectivity index (χ0v) is 14.1. The molecule has 2 amide bonds. The number of aliphatic hydroxyl groups is 2. The van der Waals surface area contributed by atoms with Gasteiger partial charge >= 0.3 is 5.97 Å². The summed E-state index contributed by atoms with van der Waals surface area (Å²) >= 11 is 0. The molecule has 6 atom stereocenters. The first-order valence-electron chi connectivity index (χ1n) is 8.76. The number of esters is 1. The second-order valence-corrected chi connectivity index (χ2v) is 7.00. The van der Waals surface area contributed by atoms with E-state index in [1.807, 2.05) is 0 Å². The van der Waals surface area contributed by atoms with E-state index < -0.39 is 47.8 Å². The normalized spacial score (nSPS) is 37.7.